The first kappa shape index (κ1) is 13.8. The molecule has 0 spiro atoms. The van der Waals surface area contributed by atoms with Gasteiger partial charge in [-0.25, -0.2) is 0 Å². The first-order valence-corrected chi connectivity index (χ1v) is 7.87. The third-order valence-corrected chi connectivity index (χ3v) is 4.92. The van der Waals surface area contributed by atoms with Crippen LogP contribution in [0.5, 0.6) is 0 Å². The maximum absolute atomic E-state index is 4.63. The van der Waals surface area contributed by atoms with Crippen LogP contribution in [-0.2, 0) is 6.42 Å². The molecule has 0 saturated heterocycles. The van der Waals surface area contributed by atoms with Gasteiger partial charge in [0.15, 0.2) is 0 Å². The van der Waals surface area contributed by atoms with Crippen LogP contribution in [0.3, 0.4) is 0 Å². The first-order chi connectivity index (χ1) is 9.70. The second-order valence-corrected chi connectivity index (χ2v) is 6.34. The van der Waals surface area contributed by atoms with Gasteiger partial charge in [-0.2, -0.15) is 0 Å². The van der Waals surface area contributed by atoms with E-state index >= 15 is 0 Å². The number of halogens is 1. The van der Waals surface area contributed by atoms with Crippen molar-refractivity contribution in [3.05, 3.63) is 63.4 Å². The number of hydrogen-bond donors (Lipinski definition) is 1. The molecule has 3 heteroatoms. The van der Waals surface area contributed by atoms with Crippen LogP contribution in [0.4, 0.5) is 0 Å². The molecule has 0 bridgehead atoms. The van der Waals surface area contributed by atoms with Crippen molar-refractivity contribution >= 4 is 15.9 Å². The Labute approximate surface area is 128 Å². The zero-order chi connectivity index (χ0) is 14.1. The topological polar surface area (TPSA) is 24.9 Å². The number of fused-ring (bicyclic) bond motifs is 1. The van der Waals surface area contributed by atoms with Crippen LogP contribution in [0, 0.1) is 6.92 Å². The molecular formula is C17H19BrN2. The number of aromatic nitrogens is 1. The zero-order valence-corrected chi connectivity index (χ0v) is 13.4. The van der Waals surface area contributed by atoms with Gasteiger partial charge >= 0.3 is 0 Å². The average molecular weight is 331 g/mol. The van der Waals surface area contributed by atoms with Gasteiger partial charge in [0, 0.05) is 28.3 Å². The SMILES string of the molecule is CNC(c1cc(C)ccc1Br)C1CCc2cccnc21. The van der Waals surface area contributed by atoms with Gasteiger partial charge in [-0.05, 0) is 50.1 Å². The molecule has 104 valence electrons. The highest BCUT2D eigenvalue weighted by Gasteiger charge is 2.31. The lowest BCUT2D eigenvalue weighted by Crippen LogP contribution is -2.23. The molecule has 3 rings (SSSR count). The Morgan fingerprint density at radius 2 is 2.20 bits per heavy atom. The van der Waals surface area contributed by atoms with E-state index in [1.54, 1.807) is 0 Å². The molecule has 1 aromatic carbocycles. The van der Waals surface area contributed by atoms with Crippen molar-refractivity contribution in [3.8, 4) is 0 Å². The van der Waals surface area contributed by atoms with Crippen molar-refractivity contribution in [1.82, 2.24) is 10.3 Å². The number of pyridine rings is 1. The number of nitrogens with zero attached hydrogens (tertiary/aromatic N) is 1. The minimum absolute atomic E-state index is 0.306. The molecule has 2 unspecified atom stereocenters. The van der Waals surface area contributed by atoms with Gasteiger partial charge in [-0.3, -0.25) is 4.98 Å². The Hall–Kier alpha value is -1.19. The molecular weight excluding hydrogens is 312 g/mol. The number of rotatable bonds is 3. The van der Waals surface area contributed by atoms with Crippen molar-refractivity contribution in [2.45, 2.75) is 31.7 Å². The van der Waals surface area contributed by atoms with E-state index in [0.717, 1.165) is 12.8 Å². The van der Waals surface area contributed by atoms with E-state index < -0.39 is 0 Å². The molecule has 20 heavy (non-hydrogen) atoms. The van der Waals surface area contributed by atoms with E-state index in [1.807, 2.05) is 19.3 Å². The predicted octanol–water partition coefficient (Wildman–Crippen LogP) is 4.14. The van der Waals surface area contributed by atoms with Crippen LogP contribution in [0.15, 0.2) is 41.0 Å². The summed E-state index contributed by atoms with van der Waals surface area (Å²) in [5, 5.41) is 3.50. The minimum atomic E-state index is 0.306. The summed E-state index contributed by atoms with van der Waals surface area (Å²) in [4.78, 5) is 4.63. The highest BCUT2D eigenvalue weighted by Crippen LogP contribution is 2.42. The number of likely N-dealkylation sites (N-methyl/N-ethyl adjacent to an activating group) is 1. The van der Waals surface area contributed by atoms with E-state index in [-0.39, 0.29) is 0 Å². The van der Waals surface area contributed by atoms with Gasteiger partial charge in [0.1, 0.15) is 0 Å². The molecule has 1 aliphatic carbocycles. The van der Waals surface area contributed by atoms with E-state index in [4.69, 9.17) is 0 Å². The van der Waals surface area contributed by atoms with E-state index in [0.29, 0.717) is 12.0 Å². The van der Waals surface area contributed by atoms with E-state index in [9.17, 15) is 0 Å². The number of benzene rings is 1. The normalized spacial score (nSPS) is 18.9. The summed E-state index contributed by atoms with van der Waals surface area (Å²) >= 11 is 3.70. The summed E-state index contributed by atoms with van der Waals surface area (Å²) in [5.41, 5.74) is 5.29. The Kier molecular flexibility index (Phi) is 3.90. The smallest absolute Gasteiger partial charge is 0.0485 e. The van der Waals surface area contributed by atoms with Crippen LogP contribution in [-0.4, -0.2) is 12.0 Å². The van der Waals surface area contributed by atoms with Crippen LogP contribution >= 0.6 is 15.9 Å². The van der Waals surface area contributed by atoms with Crippen molar-refractivity contribution in [3.63, 3.8) is 0 Å². The third-order valence-electron chi connectivity index (χ3n) is 4.20. The Balaban J connectivity index is 2.01. The molecule has 2 atom stereocenters. The monoisotopic (exact) mass is 330 g/mol. The van der Waals surface area contributed by atoms with E-state index in [1.165, 1.54) is 26.9 Å². The zero-order valence-electron chi connectivity index (χ0n) is 11.9. The first-order valence-electron chi connectivity index (χ1n) is 7.08. The standard InChI is InChI=1S/C17H19BrN2/c1-11-5-8-15(18)14(10-11)17(19-2)13-7-6-12-4-3-9-20-16(12)13/h3-5,8-10,13,17,19H,6-7H2,1-2H3. The van der Waals surface area contributed by atoms with Gasteiger partial charge in [0.2, 0.25) is 0 Å². The lowest BCUT2D eigenvalue weighted by Gasteiger charge is -2.25. The Bertz CT molecular complexity index is 624. The highest BCUT2D eigenvalue weighted by atomic mass is 79.9. The van der Waals surface area contributed by atoms with Gasteiger partial charge < -0.3 is 5.32 Å². The minimum Gasteiger partial charge on any atom is -0.312 e. The fourth-order valence-electron chi connectivity index (χ4n) is 3.24. The molecule has 1 aromatic heterocycles. The van der Waals surface area contributed by atoms with Crippen molar-refractivity contribution in [2.24, 2.45) is 0 Å². The van der Waals surface area contributed by atoms with Gasteiger partial charge in [0.05, 0.1) is 0 Å². The molecule has 2 aromatic rings. The van der Waals surface area contributed by atoms with Crippen LogP contribution < -0.4 is 5.32 Å². The largest absolute Gasteiger partial charge is 0.312 e. The second kappa shape index (κ2) is 5.66. The number of aryl methyl sites for hydroxylation is 2. The quantitative estimate of drug-likeness (QED) is 0.914. The van der Waals surface area contributed by atoms with Crippen molar-refractivity contribution in [2.75, 3.05) is 7.05 Å². The summed E-state index contributed by atoms with van der Waals surface area (Å²) in [6.45, 7) is 2.14. The van der Waals surface area contributed by atoms with Crippen molar-refractivity contribution < 1.29 is 0 Å². The average Bonchev–Trinajstić information content (AvgIpc) is 2.88. The maximum atomic E-state index is 4.63. The summed E-state index contributed by atoms with van der Waals surface area (Å²) in [6.07, 6.45) is 4.21. The molecule has 1 heterocycles. The summed E-state index contributed by atoms with van der Waals surface area (Å²) in [6, 6.07) is 11.1. The molecule has 0 radical (unpaired) electrons. The highest BCUT2D eigenvalue weighted by molar-refractivity contribution is 9.10. The molecule has 0 aliphatic heterocycles. The van der Waals surface area contributed by atoms with Crippen molar-refractivity contribution in [1.29, 1.82) is 0 Å². The summed E-state index contributed by atoms with van der Waals surface area (Å²) < 4.78 is 1.17. The van der Waals surface area contributed by atoms with Gasteiger partial charge in [-0.1, -0.05) is 39.7 Å². The molecule has 2 nitrogen and oxygen atoms in total. The summed E-state index contributed by atoms with van der Waals surface area (Å²) in [5.74, 6) is 0.453. The maximum Gasteiger partial charge on any atom is 0.0485 e. The number of hydrogen-bond acceptors (Lipinski definition) is 2. The predicted molar refractivity (Wildman–Crippen MR) is 86.0 cm³/mol. The lowest BCUT2D eigenvalue weighted by molar-refractivity contribution is 0.468. The summed E-state index contributed by atoms with van der Waals surface area (Å²) in [7, 11) is 2.04. The lowest BCUT2D eigenvalue weighted by atomic mass is 9.90. The molecule has 1 aliphatic rings. The molecule has 0 amide bonds. The molecule has 1 N–H and O–H groups in total. The van der Waals surface area contributed by atoms with Gasteiger partial charge in [0.25, 0.3) is 0 Å². The van der Waals surface area contributed by atoms with E-state index in [2.05, 4.69) is 57.4 Å². The van der Waals surface area contributed by atoms with Crippen LogP contribution in [0.1, 0.15) is 40.8 Å². The fourth-order valence-corrected chi connectivity index (χ4v) is 3.74. The van der Waals surface area contributed by atoms with Gasteiger partial charge in [-0.15, -0.1) is 0 Å². The second-order valence-electron chi connectivity index (χ2n) is 5.48. The third kappa shape index (κ3) is 2.40. The Morgan fingerprint density at radius 1 is 1.35 bits per heavy atom. The number of nitrogens with one attached hydrogen (secondary N) is 1. The molecule has 0 fully saturated rings. The molecule has 0 saturated carbocycles. The van der Waals surface area contributed by atoms with Crippen LogP contribution in [0.25, 0.3) is 0 Å². The van der Waals surface area contributed by atoms with Crippen LogP contribution in [0.2, 0.25) is 0 Å². The Morgan fingerprint density at radius 3 is 3.00 bits per heavy atom. The fraction of sp³-hybridized carbons (Fsp3) is 0.353.